The highest BCUT2D eigenvalue weighted by Crippen LogP contribution is 2.26. The van der Waals surface area contributed by atoms with E-state index in [1.54, 1.807) is 0 Å². The van der Waals surface area contributed by atoms with Crippen LogP contribution in [0.3, 0.4) is 0 Å². The Kier molecular flexibility index (Phi) is 3.01. The Morgan fingerprint density at radius 3 is 2.58 bits per heavy atom. The predicted octanol–water partition coefficient (Wildman–Crippen LogP) is 0.935. The maximum absolute atomic E-state index is 12.6. The van der Waals surface area contributed by atoms with Crippen LogP contribution in [-0.2, 0) is 0 Å². The van der Waals surface area contributed by atoms with Gasteiger partial charge in [0.1, 0.15) is 0 Å². The van der Waals surface area contributed by atoms with Crippen molar-refractivity contribution in [3.8, 4) is 0 Å². The maximum atomic E-state index is 12.6. The monoisotopic (exact) mass is 178 g/mol. The van der Waals surface area contributed by atoms with E-state index >= 15 is 0 Å². The van der Waals surface area contributed by atoms with Crippen molar-refractivity contribution in [2.75, 3.05) is 27.2 Å². The number of halogens is 2. The average Bonchev–Trinajstić information content (AvgIpc) is 2.26. The molecule has 1 atom stereocenters. The second kappa shape index (κ2) is 3.66. The van der Waals surface area contributed by atoms with E-state index in [1.807, 2.05) is 19.0 Å². The van der Waals surface area contributed by atoms with Crippen LogP contribution >= 0.6 is 0 Å². The molecule has 0 aromatic heterocycles. The largest absolute Gasteiger partial charge is 0.309 e. The molecule has 1 heterocycles. The van der Waals surface area contributed by atoms with Gasteiger partial charge in [-0.1, -0.05) is 0 Å². The summed E-state index contributed by atoms with van der Waals surface area (Å²) in [7, 11) is 3.90. The van der Waals surface area contributed by atoms with Gasteiger partial charge >= 0.3 is 0 Å². The highest BCUT2D eigenvalue weighted by molar-refractivity contribution is 4.87. The molecule has 1 unspecified atom stereocenters. The molecule has 1 aliphatic heterocycles. The zero-order valence-corrected chi connectivity index (χ0v) is 7.61. The Bertz CT molecular complexity index is 148. The summed E-state index contributed by atoms with van der Waals surface area (Å²) in [6.07, 6.45) is 0.809. The third-order valence-corrected chi connectivity index (χ3v) is 2.12. The molecule has 2 nitrogen and oxygen atoms in total. The van der Waals surface area contributed by atoms with Gasteiger partial charge in [0.25, 0.3) is 5.92 Å². The van der Waals surface area contributed by atoms with Crippen molar-refractivity contribution in [2.24, 2.45) is 0 Å². The molecule has 1 saturated heterocycles. The van der Waals surface area contributed by atoms with Gasteiger partial charge in [0.15, 0.2) is 0 Å². The molecule has 0 aliphatic carbocycles. The molecule has 0 spiro atoms. The fraction of sp³-hybridized carbons (Fsp3) is 1.00. The maximum Gasteiger partial charge on any atom is 0.261 e. The topological polar surface area (TPSA) is 15.3 Å². The minimum absolute atomic E-state index is 0.000833. The van der Waals surface area contributed by atoms with Crippen LogP contribution in [0.4, 0.5) is 8.78 Å². The van der Waals surface area contributed by atoms with Gasteiger partial charge in [0.2, 0.25) is 0 Å². The summed E-state index contributed by atoms with van der Waals surface area (Å²) in [5.74, 6) is -2.48. The van der Waals surface area contributed by atoms with E-state index in [0.29, 0.717) is 0 Å². The number of hydrogen-bond acceptors (Lipinski definition) is 2. The first-order chi connectivity index (χ1) is 5.49. The Morgan fingerprint density at radius 1 is 1.50 bits per heavy atom. The third-order valence-electron chi connectivity index (χ3n) is 2.12. The lowest BCUT2D eigenvalue weighted by Gasteiger charge is -2.13. The van der Waals surface area contributed by atoms with Crippen LogP contribution in [0.1, 0.15) is 12.8 Å². The molecule has 12 heavy (non-hydrogen) atoms. The molecule has 1 rings (SSSR count). The summed E-state index contributed by atoms with van der Waals surface area (Å²) in [4.78, 5) is 2.01. The van der Waals surface area contributed by atoms with E-state index in [-0.39, 0.29) is 19.0 Å². The lowest BCUT2D eigenvalue weighted by molar-refractivity contribution is 0.0207. The average molecular weight is 178 g/mol. The predicted molar refractivity (Wildman–Crippen MR) is 44.5 cm³/mol. The zero-order chi connectivity index (χ0) is 9.19. The summed E-state index contributed by atoms with van der Waals surface area (Å²) >= 11 is 0. The Hall–Kier alpha value is -0.220. The highest BCUT2D eigenvalue weighted by atomic mass is 19.3. The van der Waals surface area contributed by atoms with E-state index < -0.39 is 5.92 Å². The lowest BCUT2D eigenvalue weighted by Crippen LogP contribution is -2.26. The van der Waals surface area contributed by atoms with Gasteiger partial charge in [-0.15, -0.1) is 0 Å². The fourth-order valence-corrected chi connectivity index (χ4v) is 1.42. The first-order valence-electron chi connectivity index (χ1n) is 4.25. The summed E-state index contributed by atoms with van der Waals surface area (Å²) in [6.45, 7) is 0.721. The van der Waals surface area contributed by atoms with Crippen molar-refractivity contribution in [1.29, 1.82) is 0 Å². The third kappa shape index (κ3) is 3.03. The van der Waals surface area contributed by atoms with Crippen molar-refractivity contribution in [3.63, 3.8) is 0 Å². The van der Waals surface area contributed by atoms with E-state index in [9.17, 15) is 8.78 Å². The summed E-state index contributed by atoms with van der Waals surface area (Å²) < 4.78 is 25.3. The molecule has 0 amide bonds. The summed E-state index contributed by atoms with van der Waals surface area (Å²) in [5.41, 5.74) is 0. The van der Waals surface area contributed by atoms with Gasteiger partial charge in [-0.25, -0.2) is 8.78 Å². The number of rotatable bonds is 3. The van der Waals surface area contributed by atoms with Gasteiger partial charge in [0, 0.05) is 12.5 Å². The van der Waals surface area contributed by atoms with Crippen molar-refractivity contribution >= 4 is 0 Å². The Labute approximate surface area is 71.9 Å². The lowest BCUT2D eigenvalue weighted by atomic mass is 10.1. The van der Waals surface area contributed by atoms with Crippen LogP contribution in [0, 0.1) is 0 Å². The van der Waals surface area contributed by atoms with Crippen LogP contribution in [0.5, 0.6) is 0 Å². The van der Waals surface area contributed by atoms with Crippen LogP contribution in [0.15, 0.2) is 0 Å². The summed E-state index contributed by atoms with van der Waals surface area (Å²) in [5, 5.41) is 2.83. The van der Waals surface area contributed by atoms with Crippen LogP contribution in [-0.4, -0.2) is 44.0 Å². The highest BCUT2D eigenvalue weighted by Gasteiger charge is 2.38. The minimum atomic E-state index is -2.48. The molecule has 0 bridgehead atoms. The van der Waals surface area contributed by atoms with Gasteiger partial charge in [-0.05, 0) is 27.1 Å². The van der Waals surface area contributed by atoms with Gasteiger partial charge in [0.05, 0.1) is 6.54 Å². The van der Waals surface area contributed by atoms with Crippen molar-refractivity contribution in [2.45, 2.75) is 24.8 Å². The number of nitrogens with zero attached hydrogens (tertiary/aromatic N) is 1. The molecule has 0 aromatic rings. The van der Waals surface area contributed by atoms with E-state index in [1.165, 1.54) is 0 Å². The molecule has 1 N–H and O–H groups in total. The molecule has 0 saturated carbocycles. The number of hydrogen-bond donors (Lipinski definition) is 1. The van der Waals surface area contributed by atoms with Gasteiger partial charge in [-0.3, -0.25) is 0 Å². The molecule has 1 fully saturated rings. The molecule has 0 radical (unpaired) electrons. The standard InChI is InChI=1S/C8H16F2N2/c1-12(2)4-3-7-5-8(9,10)6-11-7/h7,11H,3-6H2,1-2H3. The van der Waals surface area contributed by atoms with Gasteiger partial charge < -0.3 is 10.2 Å². The quantitative estimate of drug-likeness (QED) is 0.691. The number of alkyl halides is 2. The normalized spacial score (nSPS) is 28.2. The fourth-order valence-electron chi connectivity index (χ4n) is 1.42. The summed E-state index contributed by atoms with van der Waals surface area (Å²) in [6, 6.07) is 0.00222. The Balaban J connectivity index is 2.20. The van der Waals surface area contributed by atoms with E-state index in [0.717, 1.165) is 13.0 Å². The first-order valence-corrected chi connectivity index (χ1v) is 4.25. The zero-order valence-electron chi connectivity index (χ0n) is 7.61. The van der Waals surface area contributed by atoms with Crippen LogP contribution in [0.25, 0.3) is 0 Å². The van der Waals surface area contributed by atoms with Crippen LogP contribution in [0.2, 0.25) is 0 Å². The SMILES string of the molecule is CN(C)CCC1CC(F)(F)CN1. The van der Waals surface area contributed by atoms with E-state index in [4.69, 9.17) is 0 Å². The smallest absolute Gasteiger partial charge is 0.261 e. The van der Waals surface area contributed by atoms with Crippen molar-refractivity contribution in [1.82, 2.24) is 10.2 Å². The minimum Gasteiger partial charge on any atom is -0.309 e. The van der Waals surface area contributed by atoms with Crippen molar-refractivity contribution < 1.29 is 8.78 Å². The van der Waals surface area contributed by atoms with Crippen molar-refractivity contribution in [3.05, 3.63) is 0 Å². The molecule has 4 heteroatoms. The molecular formula is C8H16F2N2. The van der Waals surface area contributed by atoms with E-state index in [2.05, 4.69) is 5.32 Å². The molecule has 0 aromatic carbocycles. The van der Waals surface area contributed by atoms with Crippen LogP contribution < -0.4 is 5.32 Å². The first kappa shape index (κ1) is 9.86. The Morgan fingerprint density at radius 2 is 2.17 bits per heavy atom. The molecular weight excluding hydrogens is 162 g/mol. The second-order valence-electron chi connectivity index (χ2n) is 3.73. The number of nitrogens with one attached hydrogen (secondary N) is 1. The molecule has 72 valence electrons. The second-order valence-corrected chi connectivity index (χ2v) is 3.73. The van der Waals surface area contributed by atoms with Gasteiger partial charge in [-0.2, -0.15) is 0 Å². The molecule has 1 aliphatic rings.